The molecule has 4 nitrogen and oxygen atoms in total. The number of hydrogen-bond donors (Lipinski definition) is 1. The fourth-order valence-corrected chi connectivity index (χ4v) is 1.70. The third-order valence-corrected chi connectivity index (χ3v) is 2.45. The Hall–Kier alpha value is -1.10. The molecule has 78 valence electrons. The van der Waals surface area contributed by atoms with Crippen LogP contribution in [0.25, 0.3) is 5.69 Å². The molecule has 0 unspecified atom stereocenters. The molecule has 0 aliphatic heterocycles. The largest absolute Gasteiger partial charge is 0.390 e. The Bertz CT molecular complexity index is 464. The van der Waals surface area contributed by atoms with Crippen molar-refractivity contribution < 1.29 is 5.11 Å². The van der Waals surface area contributed by atoms with Crippen molar-refractivity contribution in [1.82, 2.24) is 15.0 Å². The summed E-state index contributed by atoms with van der Waals surface area (Å²) in [5.41, 5.74) is 0.978. The lowest BCUT2D eigenvalue weighted by Crippen LogP contribution is -2.01. The Morgan fingerprint density at radius 3 is 2.47 bits per heavy atom. The molecule has 1 aromatic carbocycles. The van der Waals surface area contributed by atoms with Crippen molar-refractivity contribution in [3.8, 4) is 5.69 Å². The number of nitrogens with zero attached hydrogens (tertiary/aromatic N) is 3. The van der Waals surface area contributed by atoms with Crippen molar-refractivity contribution in [1.29, 1.82) is 0 Å². The first-order valence-electron chi connectivity index (χ1n) is 4.19. The minimum atomic E-state index is -0.165. The number of halogens is 2. The minimum Gasteiger partial charge on any atom is -0.390 e. The van der Waals surface area contributed by atoms with E-state index in [4.69, 9.17) is 28.3 Å². The van der Waals surface area contributed by atoms with E-state index in [0.29, 0.717) is 21.4 Å². The van der Waals surface area contributed by atoms with E-state index in [2.05, 4.69) is 10.2 Å². The smallest absolute Gasteiger partial charge is 0.123 e. The number of hydrogen-bond acceptors (Lipinski definition) is 3. The summed E-state index contributed by atoms with van der Waals surface area (Å²) in [7, 11) is 0. The van der Waals surface area contributed by atoms with Gasteiger partial charge < -0.3 is 5.11 Å². The normalized spacial score (nSPS) is 10.6. The van der Waals surface area contributed by atoms with Gasteiger partial charge in [-0.3, -0.25) is 0 Å². The van der Waals surface area contributed by atoms with Crippen LogP contribution in [0.5, 0.6) is 0 Å². The third kappa shape index (κ3) is 1.97. The van der Waals surface area contributed by atoms with E-state index < -0.39 is 0 Å². The number of aliphatic hydroxyl groups is 1. The zero-order valence-corrected chi connectivity index (χ0v) is 9.07. The van der Waals surface area contributed by atoms with Crippen molar-refractivity contribution in [2.24, 2.45) is 0 Å². The van der Waals surface area contributed by atoms with Gasteiger partial charge in [0, 0.05) is 0 Å². The van der Waals surface area contributed by atoms with E-state index in [1.807, 2.05) is 0 Å². The molecular weight excluding hydrogens is 237 g/mol. The summed E-state index contributed by atoms with van der Waals surface area (Å²) < 4.78 is 0. The van der Waals surface area contributed by atoms with Gasteiger partial charge in [0.15, 0.2) is 0 Å². The minimum absolute atomic E-state index is 0.165. The van der Waals surface area contributed by atoms with E-state index in [0.717, 1.165) is 0 Å². The molecule has 0 bridgehead atoms. The number of aliphatic hydroxyl groups excluding tert-OH is 1. The highest BCUT2D eigenvalue weighted by Gasteiger charge is 2.10. The Morgan fingerprint density at radius 1 is 1.27 bits per heavy atom. The van der Waals surface area contributed by atoms with Crippen LogP contribution in [0.1, 0.15) is 5.69 Å². The molecule has 2 rings (SSSR count). The fourth-order valence-electron chi connectivity index (χ4n) is 1.15. The second-order valence-corrected chi connectivity index (χ2v) is 3.67. The predicted molar refractivity (Wildman–Crippen MR) is 57.3 cm³/mol. The lowest BCUT2D eigenvalue weighted by Gasteiger charge is -2.04. The first-order chi connectivity index (χ1) is 7.22. The highest BCUT2D eigenvalue weighted by molar-refractivity contribution is 6.37. The molecule has 1 heterocycles. The van der Waals surface area contributed by atoms with Gasteiger partial charge in [-0.1, -0.05) is 29.3 Å². The Balaban J connectivity index is 2.53. The second kappa shape index (κ2) is 4.18. The van der Waals surface area contributed by atoms with Crippen LogP contribution in [0, 0.1) is 0 Å². The van der Waals surface area contributed by atoms with E-state index in [9.17, 15) is 0 Å². The highest BCUT2D eigenvalue weighted by atomic mass is 35.5. The van der Waals surface area contributed by atoms with Gasteiger partial charge >= 0.3 is 0 Å². The average Bonchev–Trinajstić information content (AvgIpc) is 2.66. The van der Waals surface area contributed by atoms with Crippen LogP contribution in [0.2, 0.25) is 10.0 Å². The van der Waals surface area contributed by atoms with Gasteiger partial charge in [0.2, 0.25) is 0 Å². The highest BCUT2D eigenvalue weighted by Crippen LogP contribution is 2.26. The Labute approximate surface area is 96.0 Å². The molecule has 1 N–H and O–H groups in total. The summed E-state index contributed by atoms with van der Waals surface area (Å²) in [5, 5.41) is 17.7. The van der Waals surface area contributed by atoms with Crippen LogP contribution >= 0.6 is 23.2 Å². The molecule has 6 heteroatoms. The summed E-state index contributed by atoms with van der Waals surface area (Å²) in [6.45, 7) is -0.165. The Kier molecular flexibility index (Phi) is 2.90. The van der Waals surface area contributed by atoms with E-state index >= 15 is 0 Å². The molecule has 0 saturated carbocycles. The van der Waals surface area contributed by atoms with Gasteiger partial charge in [-0.2, -0.15) is 10.2 Å². The molecule has 2 aromatic rings. The van der Waals surface area contributed by atoms with Crippen LogP contribution in [0.15, 0.2) is 24.4 Å². The number of aromatic nitrogens is 3. The summed E-state index contributed by atoms with van der Waals surface area (Å²) in [6.07, 6.45) is 1.46. The van der Waals surface area contributed by atoms with Crippen LogP contribution in [0.4, 0.5) is 0 Å². The molecule has 0 spiro atoms. The van der Waals surface area contributed by atoms with Crippen LogP contribution in [-0.4, -0.2) is 20.1 Å². The van der Waals surface area contributed by atoms with Crippen molar-refractivity contribution in [3.05, 3.63) is 40.1 Å². The quantitative estimate of drug-likeness (QED) is 0.879. The molecule has 1 aromatic heterocycles. The summed E-state index contributed by atoms with van der Waals surface area (Å²) >= 11 is 11.9. The second-order valence-electron chi connectivity index (χ2n) is 2.85. The van der Waals surface area contributed by atoms with Crippen molar-refractivity contribution in [3.63, 3.8) is 0 Å². The maximum absolute atomic E-state index is 8.85. The first-order valence-corrected chi connectivity index (χ1v) is 4.94. The number of benzene rings is 1. The van der Waals surface area contributed by atoms with Gasteiger partial charge in [-0.15, -0.1) is 4.80 Å². The van der Waals surface area contributed by atoms with Gasteiger partial charge in [-0.05, 0) is 12.1 Å². The van der Waals surface area contributed by atoms with Crippen molar-refractivity contribution in [2.45, 2.75) is 6.61 Å². The fraction of sp³-hybridized carbons (Fsp3) is 0.111. The first kappa shape index (κ1) is 10.4. The lowest BCUT2D eigenvalue weighted by molar-refractivity contribution is 0.276. The predicted octanol–water partition coefficient (Wildman–Crippen LogP) is 2.07. The van der Waals surface area contributed by atoms with Gasteiger partial charge in [0.1, 0.15) is 11.4 Å². The molecule has 0 aliphatic carbocycles. The monoisotopic (exact) mass is 243 g/mol. The molecule has 0 radical (unpaired) electrons. The molecular formula is C9H7Cl2N3O. The van der Waals surface area contributed by atoms with Gasteiger partial charge in [0.05, 0.1) is 22.8 Å². The van der Waals surface area contributed by atoms with Crippen LogP contribution in [0.3, 0.4) is 0 Å². The summed E-state index contributed by atoms with van der Waals surface area (Å²) in [6, 6.07) is 5.14. The summed E-state index contributed by atoms with van der Waals surface area (Å²) in [5.74, 6) is 0. The summed E-state index contributed by atoms with van der Waals surface area (Å²) in [4.78, 5) is 1.30. The molecule has 15 heavy (non-hydrogen) atoms. The maximum Gasteiger partial charge on any atom is 0.123 e. The molecule has 0 aliphatic rings. The van der Waals surface area contributed by atoms with Crippen LogP contribution in [-0.2, 0) is 6.61 Å². The van der Waals surface area contributed by atoms with E-state index in [1.165, 1.54) is 11.0 Å². The van der Waals surface area contributed by atoms with Crippen LogP contribution < -0.4 is 0 Å². The van der Waals surface area contributed by atoms with Crippen molar-refractivity contribution in [2.75, 3.05) is 0 Å². The zero-order valence-electron chi connectivity index (χ0n) is 7.56. The van der Waals surface area contributed by atoms with Crippen molar-refractivity contribution >= 4 is 23.2 Å². The van der Waals surface area contributed by atoms with E-state index in [-0.39, 0.29) is 6.61 Å². The lowest BCUT2D eigenvalue weighted by atomic mass is 10.3. The zero-order chi connectivity index (χ0) is 10.8. The molecule has 0 atom stereocenters. The van der Waals surface area contributed by atoms with Gasteiger partial charge in [0.25, 0.3) is 0 Å². The Morgan fingerprint density at radius 2 is 1.93 bits per heavy atom. The number of para-hydroxylation sites is 1. The average molecular weight is 244 g/mol. The van der Waals surface area contributed by atoms with Gasteiger partial charge in [-0.25, -0.2) is 0 Å². The standard InChI is InChI=1S/C9H7Cl2N3O/c10-7-2-1-3-8(11)9(7)14-12-4-6(5-15)13-14/h1-4,15H,5H2. The van der Waals surface area contributed by atoms with E-state index in [1.54, 1.807) is 18.2 Å². The number of rotatable bonds is 2. The SMILES string of the molecule is OCc1cnn(-c2c(Cl)cccc2Cl)n1. The topological polar surface area (TPSA) is 50.9 Å². The third-order valence-electron chi connectivity index (χ3n) is 1.84. The molecule has 0 saturated heterocycles. The molecule has 0 amide bonds. The molecule has 0 fully saturated rings. The maximum atomic E-state index is 8.85.